The standard InChI is InChI=1S/C19H27N3OS/c1-4-21-17-12-8-7-11-16(17)20-19(21)24-13-18(23)22(14(2)3)15-9-5-6-10-15/h7-8,11-12,14-15H,4-6,9-10,13H2,1-3H3. The van der Waals surface area contributed by atoms with E-state index in [0.29, 0.717) is 11.8 Å². The number of rotatable bonds is 6. The van der Waals surface area contributed by atoms with Gasteiger partial charge in [0.1, 0.15) is 0 Å². The molecular weight excluding hydrogens is 318 g/mol. The fourth-order valence-electron chi connectivity index (χ4n) is 3.77. The van der Waals surface area contributed by atoms with Crippen LogP contribution < -0.4 is 0 Å². The molecule has 24 heavy (non-hydrogen) atoms. The fraction of sp³-hybridized carbons (Fsp3) is 0.579. The molecule has 0 unspecified atom stereocenters. The average molecular weight is 346 g/mol. The summed E-state index contributed by atoms with van der Waals surface area (Å²) in [5.41, 5.74) is 2.15. The van der Waals surface area contributed by atoms with E-state index in [1.165, 1.54) is 12.8 Å². The number of fused-ring (bicyclic) bond motifs is 1. The van der Waals surface area contributed by atoms with E-state index in [1.807, 2.05) is 18.2 Å². The highest BCUT2D eigenvalue weighted by Crippen LogP contribution is 2.28. The van der Waals surface area contributed by atoms with Gasteiger partial charge in [0.05, 0.1) is 16.8 Å². The van der Waals surface area contributed by atoms with Crippen LogP contribution in [0.3, 0.4) is 0 Å². The molecule has 1 amide bonds. The van der Waals surface area contributed by atoms with Gasteiger partial charge < -0.3 is 9.47 Å². The largest absolute Gasteiger partial charge is 0.337 e. The third kappa shape index (κ3) is 3.46. The van der Waals surface area contributed by atoms with Crippen molar-refractivity contribution in [3.63, 3.8) is 0 Å². The van der Waals surface area contributed by atoms with Crippen LogP contribution in [0, 0.1) is 0 Å². The lowest BCUT2D eigenvalue weighted by Crippen LogP contribution is -2.44. The maximum Gasteiger partial charge on any atom is 0.233 e. The molecule has 3 rings (SSSR count). The Labute approximate surface area is 148 Å². The monoisotopic (exact) mass is 345 g/mol. The third-order valence-corrected chi connectivity index (χ3v) is 5.78. The molecular formula is C19H27N3OS. The van der Waals surface area contributed by atoms with Gasteiger partial charge in [-0.1, -0.05) is 36.7 Å². The highest BCUT2D eigenvalue weighted by molar-refractivity contribution is 7.99. The molecule has 1 heterocycles. The minimum absolute atomic E-state index is 0.247. The molecule has 5 heteroatoms. The predicted molar refractivity (Wildman–Crippen MR) is 100 cm³/mol. The topological polar surface area (TPSA) is 38.1 Å². The van der Waals surface area contributed by atoms with Crippen molar-refractivity contribution >= 4 is 28.7 Å². The Hall–Kier alpha value is -1.49. The second-order valence-corrected chi connectivity index (χ2v) is 7.69. The lowest BCUT2D eigenvalue weighted by Gasteiger charge is -2.32. The molecule has 0 saturated heterocycles. The van der Waals surface area contributed by atoms with E-state index in [9.17, 15) is 4.79 Å². The maximum atomic E-state index is 12.8. The first-order chi connectivity index (χ1) is 11.6. The van der Waals surface area contributed by atoms with E-state index in [4.69, 9.17) is 4.98 Å². The van der Waals surface area contributed by atoms with Crippen molar-refractivity contribution in [2.24, 2.45) is 0 Å². The smallest absolute Gasteiger partial charge is 0.233 e. The van der Waals surface area contributed by atoms with Crippen LogP contribution in [0.5, 0.6) is 0 Å². The number of hydrogen-bond acceptors (Lipinski definition) is 3. The maximum absolute atomic E-state index is 12.8. The van der Waals surface area contributed by atoms with Gasteiger partial charge in [0.25, 0.3) is 0 Å². The lowest BCUT2D eigenvalue weighted by atomic mass is 10.1. The highest BCUT2D eigenvalue weighted by Gasteiger charge is 2.28. The van der Waals surface area contributed by atoms with Gasteiger partial charge in [0.2, 0.25) is 5.91 Å². The summed E-state index contributed by atoms with van der Waals surface area (Å²) >= 11 is 1.57. The quantitative estimate of drug-likeness (QED) is 0.732. The number of carbonyl (C=O) groups is 1. The Morgan fingerprint density at radius 2 is 2.04 bits per heavy atom. The number of benzene rings is 1. The summed E-state index contributed by atoms with van der Waals surface area (Å²) in [7, 11) is 0. The van der Waals surface area contributed by atoms with Crippen LogP contribution in [0.2, 0.25) is 0 Å². The van der Waals surface area contributed by atoms with Crippen LogP contribution in [-0.2, 0) is 11.3 Å². The molecule has 1 aromatic carbocycles. The van der Waals surface area contributed by atoms with Gasteiger partial charge in [-0.25, -0.2) is 4.98 Å². The number of amides is 1. The fourth-order valence-corrected chi connectivity index (χ4v) is 4.71. The number of carbonyl (C=O) groups excluding carboxylic acids is 1. The molecule has 0 atom stereocenters. The first-order valence-electron chi connectivity index (χ1n) is 9.01. The minimum Gasteiger partial charge on any atom is -0.337 e. The SMILES string of the molecule is CCn1c(SCC(=O)N(C(C)C)C2CCCC2)nc2ccccc21. The van der Waals surface area contributed by atoms with Gasteiger partial charge in [-0.3, -0.25) is 4.79 Å². The number of thioether (sulfide) groups is 1. The molecule has 1 fully saturated rings. The van der Waals surface area contributed by atoms with Crippen molar-refractivity contribution in [2.75, 3.05) is 5.75 Å². The molecule has 130 valence electrons. The van der Waals surface area contributed by atoms with Gasteiger partial charge >= 0.3 is 0 Å². The summed E-state index contributed by atoms with van der Waals surface area (Å²) in [6.07, 6.45) is 4.81. The number of nitrogens with zero attached hydrogens (tertiary/aromatic N) is 3. The summed E-state index contributed by atoms with van der Waals surface area (Å²) in [5, 5.41) is 0.946. The molecule has 0 N–H and O–H groups in total. The van der Waals surface area contributed by atoms with Gasteiger partial charge in [-0.2, -0.15) is 0 Å². The zero-order valence-electron chi connectivity index (χ0n) is 14.9. The second kappa shape index (κ2) is 7.60. The summed E-state index contributed by atoms with van der Waals surface area (Å²) in [4.78, 5) is 19.7. The first-order valence-corrected chi connectivity index (χ1v) is 9.99. The van der Waals surface area contributed by atoms with Crippen molar-refractivity contribution in [2.45, 2.75) is 70.2 Å². The Kier molecular flexibility index (Phi) is 5.49. The summed E-state index contributed by atoms with van der Waals surface area (Å²) < 4.78 is 2.20. The van der Waals surface area contributed by atoms with Crippen LogP contribution in [0.15, 0.2) is 29.4 Å². The highest BCUT2D eigenvalue weighted by atomic mass is 32.2. The normalized spacial score (nSPS) is 15.5. The van der Waals surface area contributed by atoms with E-state index in [0.717, 1.165) is 35.6 Å². The van der Waals surface area contributed by atoms with Gasteiger partial charge in [0.15, 0.2) is 5.16 Å². The van der Waals surface area contributed by atoms with Crippen molar-refractivity contribution in [3.8, 4) is 0 Å². The van der Waals surface area contributed by atoms with Crippen molar-refractivity contribution < 1.29 is 4.79 Å². The number of hydrogen-bond donors (Lipinski definition) is 0. The van der Waals surface area contributed by atoms with Crippen molar-refractivity contribution in [1.29, 1.82) is 0 Å². The predicted octanol–water partition coefficient (Wildman–Crippen LogP) is 4.33. The summed E-state index contributed by atoms with van der Waals surface area (Å²) in [5.74, 6) is 0.717. The van der Waals surface area contributed by atoms with Crippen molar-refractivity contribution in [1.82, 2.24) is 14.5 Å². The summed E-state index contributed by atoms with van der Waals surface area (Å²) in [6, 6.07) is 8.88. The van der Waals surface area contributed by atoms with Crippen LogP contribution in [-0.4, -0.2) is 38.2 Å². The van der Waals surface area contributed by atoms with E-state index in [-0.39, 0.29) is 11.9 Å². The molecule has 0 bridgehead atoms. The number of imidazole rings is 1. The molecule has 1 aliphatic rings. The third-order valence-electron chi connectivity index (χ3n) is 4.82. The zero-order chi connectivity index (χ0) is 17.1. The van der Waals surface area contributed by atoms with E-state index >= 15 is 0 Å². The first kappa shape index (κ1) is 17.3. The van der Waals surface area contributed by atoms with Crippen LogP contribution in [0.25, 0.3) is 11.0 Å². The Bertz CT molecular complexity index is 704. The number of aryl methyl sites for hydroxylation is 1. The molecule has 1 aliphatic carbocycles. The molecule has 0 radical (unpaired) electrons. The Balaban J connectivity index is 1.73. The molecule has 0 aliphatic heterocycles. The van der Waals surface area contributed by atoms with Gasteiger partial charge in [-0.05, 0) is 45.7 Å². The van der Waals surface area contributed by atoms with Crippen LogP contribution in [0.4, 0.5) is 0 Å². The lowest BCUT2D eigenvalue weighted by molar-refractivity contribution is -0.132. The molecule has 0 spiro atoms. The summed E-state index contributed by atoms with van der Waals surface area (Å²) in [6.45, 7) is 7.25. The number of aromatic nitrogens is 2. The zero-order valence-corrected chi connectivity index (χ0v) is 15.7. The Morgan fingerprint density at radius 3 is 2.71 bits per heavy atom. The molecule has 1 aromatic heterocycles. The molecule has 2 aromatic rings. The van der Waals surface area contributed by atoms with Crippen LogP contribution in [0.1, 0.15) is 46.5 Å². The average Bonchev–Trinajstić information content (AvgIpc) is 3.19. The van der Waals surface area contributed by atoms with Crippen molar-refractivity contribution in [3.05, 3.63) is 24.3 Å². The molecule has 4 nitrogen and oxygen atoms in total. The van der Waals surface area contributed by atoms with E-state index in [2.05, 4.69) is 36.3 Å². The van der Waals surface area contributed by atoms with Gasteiger partial charge in [0, 0.05) is 18.6 Å². The minimum atomic E-state index is 0.247. The van der Waals surface area contributed by atoms with E-state index < -0.39 is 0 Å². The second-order valence-electron chi connectivity index (χ2n) is 6.75. The van der Waals surface area contributed by atoms with E-state index in [1.54, 1.807) is 11.8 Å². The van der Waals surface area contributed by atoms with Gasteiger partial charge in [-0.15, -0.1) is 0 Å². The van der Waals surface area contributed by atoms with Crippen LogP contribution >= 0.6 is 11.8 Å². The molecule has 1 saturated carbocycles. The Morgan fingerprint density at radius 1 is 1.33 bits per heavy atom. The number of para-hydroxylation sites is 2.